The van der Waals surface area contributed by atoms with E-state index in [2.05, 4.69) is 20.6 Å². The summed E-state index contributed by atoms with van der Waals surface area (Å²) < 4.78 is 0. The van der Waals surface area contributed by atoms with Gasteiger partial charge in [-0.3, -0.25) is 14.6 Å². The maximum Gasteiger partial charge on any atom is 0.272 e. The molecule has 1 heterocycles. The molecule has 1 fully saturated rings. The molecular formula is C17H20N4O3. The van der Waals surface area contributed by atoms with Crippen molar-refractivity contribution in [2.45, 2.75) is 37.8 Å². The van der Waals surface area contributed by atoms with Crippen LogP contribution in [-0.2, 0) is 4.79 Å². The number of aliphatic hydroxyl groups is 1. The number of rotatable bonds is 5. The lowest BCUT2D eigenvalue weighted by Gasteiger charge is -2.19. The van der Waals surface area contributed by atoms with Crippen LogP contribution in [-0.4, -0.2) is 45.6 Å². The number of benzene rings is 1. The van der Waals surface area contributed by atoms with Crippen LogP contribution in [0.15, 0.2) is 30.5 Å². The minimum Gasteiger partial charge on any atom is -0.394 e. The van der Waals surface area contributed by atoms with Crippen LogP contribution in [0.25, 0.3) is 11.0 Å². The lowest BCUT2D eigenvalue weighted by atomic mass is 10.2. The number of nitrogens with zero attached hydrogens (tertiary/aromatic N) is 2. The van der Waals surface area contributed by atoms with Gasteiger partial charge in [0.05, 0.1) is 23.8 Å². The smallest absolute Gasteiger partial charge is 0.272 e. The molecule has 1 atom stereocenters. The zero-order chi connectivity index (χ0) is 16.9. The third-order valence-electron chi connectivity index (χ3n) is 4.19. The van der Waals surface area contributed by atoms with E-state index in [1.165, 1.54) is 6.20 Å². The molecule has 7 heteroatoms. The molecule has 1 aromatic heterocycles. The molecule has 0 aliphatic heterocycles. The first kappa shape index (κ1) is 16.3. The standard InChI is InChI=1S/C17H20N4O3/c22-10-15(17(24)19-11-5-1-2-6-11)21-16(23)14-9-18-12-7-3-4-8-13(12)20-14/h3-4,7-9,11,15,22H,1-2,5-6,10H2,(H,19,24)(H,21,23). The number of nitrogens with one attached hydrogen (secondary N) is 2. The van der Waals surface area contributed by atoms with E-state index in [0.717, 1.165) is 25.7 Å². The highest BCUT2D eigenvalue weighted by Gasteiger charge is 2.25. The fraction of sp³-hybridized carbons (Fsp3) is 0.412. The molecule has 24 heavy (non-hydrogen) atoms. The Balaban J connectivity index is 1.67. The summed E-state index contributed by atoms with van der Waals surface area (Å²) in [6.07, 6.45) is 5.42. The van der Waals surface area contributed by atoms with E-state index in [4.69, 9.17) is 0 Å². The Kier molecular flexibility index (Phi) is 5.00. The molecule has 1 aliphatic rings. The summed E-state index contributed by atoms with van der Waals surface area (Å²) in [5.41, 5.74) is 1.40. The predicted octanol–water partition coefficient (Wildman–Crippen LogP) is 0.779. The number of aromatic nitrogens is 2. The summed E-state index contributed by atoms with van der Waals surface area (Å²) >= 11 is 0. The van der Waals surface area contributed by atoms with E-state index < -0.39 is 18.6 Å². The molecule has 3 rings (SSSR count). The number of amides is 2. The fourth-order valence-corrected chi connectivity index (χ4v) is 2.86. The van der Waals surface area contributed by atoms with Crippen LogP contribution < -0.4 is 10.6 Å². The maximum atomic E-state index is 12.3. The van der Waals surface area contributed by atoms with Crippen LogP contribution in [0.4, 0.5) is 0 Å². The van der Waals surface area contributed by atoms with Gasteiger partial charge in [0.25, 0.3) is 5.91 Å². The Morgan fingerprint density at radius 1 is 1.21 bits per heavy atom. The van der Waals surface area contributed by atoms with E-state index in [-0.39, 0.29) is 17.6 Å². The van der Waals surface area contributed by atoms with Crippen molar-refractivity contribution in [1.29, 1.82) is 0 Å². The highest BCUT2D eigenvalue weighted by atomic mass is 16.3. The zero-order valence-electron chi connectivity index (χ0n) is 13.2. The van der Waals surface area contributed by atoms with Crippen LogP contribution in [0.2, 0.25) is 0 Å². The number of carbonyl (C=O) groups excluding carboxylic acids is 2. The van der Waals surface area contributed by atoms with E-state index in [1.54, 1.807) is 12.1 Å². The van der Waals surface area contributed by atoms with Gasteiger partial charge >= 0.3 is 0 Å². The number of hydrogen-bond acceptors (Lipinski definition) is 5. The van der Waals surface area contributed by atoms with Crippen LogP contribution >= 0.6 is 0 Å². The molecule has 0 radical (unpaired) electrons. The average Bonchev–Trinajstić information content (AvgIpc) is 3.11. The van der Waals surface area contributed by atoms with Crippen LogP contribution in [0.3, 0.4) is 0 Å². The minimum atomic E-state index is -0.994. The number of aliphatic hydroxyl groups excluding tert-OH is 1. The average molecular weight is 328 g/mol. The Morgan fingerprint density at radius 3 is 2.62 bits per heavy atom. The van der Waals surface area contributed by atoms with Gasteiger partial charge in [-0.15, -0.1) is 0 Å². The molecule has 1 aliphatic carbocycles. The SMILES string of the molecule is O=C(NC(CO)C(=O)NC1CCCC1)c1cnc2ccccc2n1. The summed E-state index contributed by atoms with van der Waals surface area (Å²) in [4.78, 5) is 32.9. The van der Waals surface area contributed by atoms with Gasteiger partial charge in [0.2, 0.25) is 5.91 Å². The van der Waals surface area contributed by atoms with Crippen molar-refractivity contribution in [2.24, 2.45) is 0 Å². The molecule has 2 amide bonds. The number of para-hydroxylation sites is 2. The Labute approximate surface area is 139 Å². The summed E-state index contributed by atoms with van der Waals surface area (Å²) in [7, 11) is 0. The van der Waals surface area contributed by atoms with Crippen LogP contribution in [0.1, 0.15) is 36.2 Å². The Bertz CT molecular complexity index is 743. The normalized spacial score (nSPS) is 16.0. The summed E-state index contributed by atoms with van der Waals surface area (Å²) in [5, 5.41) is 14.8. The van der Waals surface area contributed by atoms with Gasteiger partial charge in [0.15, 0.2) is 0 Å². The highest BCUT2D eigenvalue weighted by Crippen LogP contribution is 2.17. The maximum absolute atomic E-state index is 12.3. The number of hydrogen-bond donors (Lipinski definition) is 3. The van der Waals surface area contributed by atoms with E-state index >= 15 is 0 Å². The van der Waals surface area contributed by atoms with Crippen molar-refractivity contribution >= 4 is 22.8 Å². The van der Waals surface area contributed by atoms with Crippen molar-refractivity contribution in [2.75, 3.05) is 6.61 Å². The van der Waals surface area contributed by atoms with Crippen molar-refractivity contribution in [3.63, 3.8) is 0 Å². The van der Waals surface area contributed by atoms with Gasteiger partial charge in [-0.1, -0.05) is 25.0 Å². The van der Waals surface area contributed by atoms with Crippen molar-refractivity contribution < 1.29 is 14.7 Å². The molecule has 1 saturated carbocycles. The first-order chi connectivity index (χ1) is 11.7. The largest absolute Gasteiger partial charge is 0.394 e. The zero-order valence-corrected chi connectivity index (χ0v) is 13.2. The van der Waals surface area contributed by atoms with E-state index in [9.17, 15) is 14.7 Å². The second kappa shape index (κ2) is 7.35. The molecule has 0 saturated heterocycles. The molecular weight excluding hydrogens is 308 g/mol. The first-order valence-electron chi connectivity index (χ1n) is 8.11. The minimum absolute atomic E-state index is 0.112. The fourth-order valence-electron chi connectivity index (χ4n) is 2.86. The molecule has 1 aromatic carbocycles. The quantitative estimate of drug-likeness (QED) is 0.752. The van der Waals surface area contributed by atoms with Gasteiger partial charge in [-0.25, -0.2) is 4.98 Å². The molecule has 0 spiro atoms. The summed E-state index contributed by atoms with van der Waals surface area (Å²) in [6.45, 7) is -0.467. The highest BCUT2D eigenvalue weighted by molar-refractivity contribution is 5.97. The second-order valence-electron chi connectivity index (χ2n) is 5.94. The van der Waals surface area contributed by atoms with E-state index in [1.807, 2.05) is 12.1 Å². The molecule has 7 nitrogen and oxygen atoms in total. The first-order valence-corrected chi connectivity index (χ1v) is 8.11. The van der Waals surface area contributed by atoms with Gasteiger partial charge in [0.1, 0.15) is 11.7 Å². The molecule has 3 N–H and O–H groups in total. The van der Waals surface area contributed by atoms with Crippen LogP contribution in [0.5, 0.6) is 0 Å². The Hall–Kier alpha value is -2.54. The topological polar surface area (TPSA) is 104 Å². The predicted molar refractivity (Wildman–Crippen MR) is 88.3 cm³/mol. The van der Waals surface area contributed by atoms with Crippen molar-refractivity contribution in [3.8, 4) is 0 Å². The molecule has 2 aromatic rings. The second-order valence-corrected chi connectivity index (χ2v) is 5.94. The lowest BCUT2D eigenvalue weighted by Crippen LogP contribution is -2.51. The monoisotopic (exact) mass is 328 g/mol. The van der Waals surface area contributed by atoms with Crippen LogP contribution in [0, 0.1) is 0 Å². The Morgan fingerprint density at radius 2 is 1.92 bits per heavy atom. The molecule has 0 bridgehead atoms. The molecule has 1 unspecified atom stereocenters. The summed E-state index contributed by atoms with van der Waals surface area (Å²) in [5.74, 6) is -0.902. The van der Waals surface area contributed by atoms with E-state index in [0.29, 0.717) is 11.0 Å². The number of fused-ring (bicyclic) bond motifs is 1. The molecule has 126 valence electrons. The number of carbonyl (C=O) groups is 2. The van der Waals surface area contributed by atoms with Crippen molar-refractivity contribution in [3.05, 3.63) is 36.2 Å². The van der Waals surface area contributed by atoms with Gasteiger partial charge in [-0.2, -0.15) is 0 Å². The van der Waals surface area contributed by atoms with Gasteiger partial charge in [0, 0.05) is 6.04 Å². The lowest BCUT2D eigenvalue weighted by molar-refractivity contribution is -0.124. The van der Waals surface area contributed by atoms with Gasteiger partial charge in [-0.05, 0) is 25.0 Å². The third kappa shape index (κ3) is 3.68. The van der Waals surface area contributed by atoms with Crippen molar-refractivity contribution in [1.82, 2.24) is 20.6 Å². The van der Waals surface area contributed by atoms with Gasteiger partial charge < -0.3 is 15.7 Å². The summed E-state index contributed by atoms with van der Waals surface area (Å²) in [6, 6.07) is 6.34. The third-order valence-corrected chi connectivity index (χ3v) is 4.19.